The molecule has 0 aromatic heterocycles. The molecule has 15 heavy (non-hydrogen) atoms. The van der Waals surface area contributed by atoms with Crippen molar-refractivity contribution in [3.63, 3.8) is 0 Å². The molecular weight excluding hydrogens is 198 g/mol. The van der Waals surface area contributed by atoms with Crippen LogP contribution in [-0.4, -0.2) is 5.11 Å². The van der Waals surface area contributed by atoms with Crippen LogP contribution in [0.1, 0.15) is 30.5 Å². The van der Waals surface area contributed by atoms with Gasteiger partial charge in [-0.25, -0.2) is 8.78 Å². The Balaban J connectivity index is 3.27. The van der Waals surface area contributed by atoms with Gasteiger partial charge in [-0.2, -0.15) is 0 Å². The zero-order chi connectivity index (χ0) is 11.6. The highest BCUT2D eigenvalue weighted by Gasteiger charge is 2.16. The summed E-state index contributed by atoms with van der Waals surface area (Å²) in [5.74, 6) is -1.39. The van der Waals surface area contributed by atoms with Crippen molar-refractivity contribution in [1.29, 1.82) is 0 Å². The van der Waals surface area contributed by atoms with Crippen LogP contribution >= 0.6 is 0 Å². The second-order valence-corrected chi connectivity index (χ2v) is 4.22. The van der Waals surface area contributed by atoms with Crippen molar-refractivity contribution < 1.29 is 13.9 Å². The number of aliphatic hydroxyl groups excluding tert-OH is 1. The lowest BCUT2D eigenvalue weighted by Gasteiger charge is -2.13. The van der Waals surface area contributed by atoms with E-state index in [-0.39, 0.29) is 18.1 Å². The minimum absolute atomic E-state index is 0.229. The smallest absolute Gasteiger partial charge is 0.162 e. The summed E-state index contributed by atoms with van der Waals surface area (Å²) in [5.41, 5.74) is 1.03. The summed E-state index contributed by atoms with van der Waals surface area (Å²) in [6, 6.07) is 1.51. The molecule has 1 aromatic carbocycles. The van der Waals surface area contributed by atoms with E-state index in [1.165, 1.54) is 13.0 Å². The van der Waals surface area contributed by atoms with E-state index < -0.39 is 11.6 Å². The van der Waals surface area contributed by atoms with Crippen LogP contribution in [0.3, 0.4) is 0 Å². The first-order chi connectivity index (χ1) is 6.97. The third-order valence-electron chi connectivity index (χ3n) is 2.36. The van der Waals surface area contributed by atoms with Gasteiger partial charge in [0.2, 0.25) is 0 Å². The number of aliphatic hydroxyl groups is 1. The van der Waals surface area contributed by atoms with Gasteiger partial charge in [0.1, 0.15) is 0 Å². The number of aryl methyl sites for hydroxylation is 1. The van der Waals surface area contributed by atoms with Crippen LogP contribution in [0.2, 0.25) is 0 Å². The topological polar surface area (TPSA) is 20.2 Å². The molecular formula is C12H16F2O. The fourth-order valence-electron chi connectivity index (χ4n) is 1.63. The Hall–Kier alpha value is -0.960. The van der Waals surface area contributed by atoms with Gasteiger partial charge in [-0.3, -0.25) is 0 Å². The molecule has 0 radical (unpaired) electrons. The van der Waals surface area contributed by atoms with Gasteiger partial charge in [-0.1, -0.05) is 19.9 Å². The third kappa shape index (κ3) is 2.53. The predicted molar refractivity (Wildman–Crippen MR) is 55.6 cm³/mol. The first kappa shape index (κ1) is 12.1. The van der Waals surface area contributed by atoms with Gasteiger partial charge in [0.05, 0.1) is 6.61 Å². The van der Waals surface area contributed by atoms with Crippen molar-refractivity contribution in [2.45, 2.75) is 33.8 Å². The van der Waals surface area contributed by atoms with Gasteiger partial charge in [-0.05, 0) is 36.0 Å². The summed E-state index contributed by atoms with van der Waals surface area (Å²) in [6.07, 6.45) is 0.443. The molecule has 0 unspecified atom stereocenters. The average Bonchev–Trinajstić information content (AvgIpc) is 2.18. The molecule has 0 saturated carbocycles. The molecule has 3 heteroatoms. The van der Waals surface area contributed by atoms with Crippen molar-refractivity contribution in [1.82, 2.24) is 0 Å². The van der Waals surface area contributed by atoms with Crippen LogP contribution in [0.25, 0.3) is 0 Å². The summed E-state index contributed by atoms with van der Waals surface area (Å²) in [5, 5.41) is 9.08. The lowest BCUT2D eigenvalue weighted by Crippen LogP contribution is -2.06. The van der Waals surface area contributed by atoms with E-state index in [1.54, 1.807) is 0 Å². The SMILES string of the molecule is Cc1cc(CO)c(CC(C)C)c(F)c1F. The van der Waals surface area contributed by atoms with Crippen molar-refractivity contribution >= 4 is 0 Å². The Labute approximate surface area is 88.7 Å². The Morgan fingerprint density at radius 2 is 1.87 bits per heavy atom. The minimum atomic E-state index is -0.812. The van der Waals surface area contributed by atoms with E-state index in [0.29, 0.717) is 17.5 Å². The average molecular weight is 214 g/mol. The van der Waals surface area contributed by atoms with E-state index in [2.05, 4.69) is 0 Å². The number of benzene rings is 1. The molecule has 0 spiro atoms. The molecule has 0 bridgehead atoms. The highest BCUT2D eigenvalue weighted by Crippen LogP contribution is 2.23. The van der Waals surface area contributed by atoms with Crippen molar-refractivity contribution in [2.75, 3.05) is 0 Å². The summed E-state index contributed by atoms with van der Waals surface area (Å²) in [4.78, 5) is 0. The predicted octanol–water partition coefficient (Wildman–Crippen LogP) is 2.96. The maximum Gasteiger partial charge on any atom is 0.162 e. The second-order valence-electron chi connectivity index (χ2n) is 4.22. The van der Waals surface area contributed by atoms with Gasteiger partial charge in [0.15, 0.2) is 11.6 Å². The van der Waals surface area contributed by atoms with E-state index in [9.17, 15) is 8.78 Å². The molecule has 0 heterocycles. The Bertz CT molecular complexity index is 359. The largest absolute Gasteiger partial charge is 0.392 e. The molecule has 1 N–H and O–H groups in total. The molecule has 0 fully saturated rings. The van der Waals surface area contributed by atoms with Gasteiger partial charge in [0, 0.05) is 0 Å². The zero-order valence-corrected chi connectivity index (χ0v) is 9.27. The summed E-state index contributed by atoms with van der Waals surface area (Å²) in [7, 11) is 0. The van der Waals surface area contributed by atoms with Crippen LogP contribution in [0.4, 0.5) is 8.78 Å². The molecule has 1 nitrogen and oxygen atoms in total. The molecule has 0 aliphatic carbocycles. The fourth-order valence-corrected chi connectivity index (χ4v) is 1.63. The van der Waals surface area contributed by atoms with Gasteiger partial charge < -0.3 is 5.11 Å². The van der Waals surface area contributed by atoms with Crippen molar-refractivity contribution in [2.24, 2.45) is 5.92 Å². The molecule has 1 rings (SSSR count). The Kier molecular flexibility index (Phi) is 3.80. The highest BCUT2D eigenvalue weighted by atomic mass is 19.2. The van der Waals surface area contributed by atoms with E-state index >= 15 is 0 Å². The quantitative estimate of drug-likeness (QED) is 0.820. The van der Waals surface area contributed by atoms with Crippen LogP contribution in [0.15, 0.2) is 6.07 Å². The third-order valence-corrected chi connectivity index (χ3v) is 2.36. The van der Waals surface area contributed by atoms with Crippen LogP contribution in [0.5, 0.6) is 0 Å². The molecule has 84 valence electrons. The number of rotatable bonds is 3. The van der Waals surface area contributed by atoms with Gasteiger partial charge in [0.25, 0.3) is 0 Å². The highest BCUT2D eigenvalue weighted by molar-refractivity contribution is 5.34. The van der Waals surface area contributed by atoms with Crippen molar-refractivity contribution in [3.05, 3.63) is 34.4 Å². The molecule has 0 amide bonds. The maximum atomic E-state index is 13.6. The van der Waals surface area contributed by atoms with Gasteiger partial charge in [-0.15, -0.1) is 0 Å². The van der Waals surface area contributed by atoms with Crippen LogP contribution in [0, 0.1) is 24.5 Å². The normalized spacial score (nSPS) is 11.1. The fraction of sp³-hybridized carbons (Fsp3) is 0.500. The summed E-state index contributed by atoms with van der Waals surface area (Å²) >= 11 is 0. The lowest BCUT2D eigenvalue weighted by atomic mass is 9.95. The standard InChI is InChI=1S/C12H16F2O/c1-7(2)4-10-9(6-15)5-8(3)11(13)12(10)14/h5,7,15H,4,6H2,1-3H3. The number of hydrogen-bond acceptors (Lipinski definition) is 1. The summed E-state index contributed by atoms with van der Waals surface area (Å²) in [6.45, 7) is 5.10. The number of hydrogen-bond donors (Lipinski definition) is 1. The van der Waals surface area contributed by atoms with E-state index in [1.807, 2.05) is 13.8 Å². The van der Waals surface area contributed by atoms with Gasteiger partial charge >= 0.3 is 0 Å². The Morgan fingerprint density at radius 1 is 1.27 bits per heavy atom. The van der Waals surface area contributed by atoms with Crippen LogP contribution < -0.4 is 0 Å². The van der Waals surface area contributed by atoms with Crippen LogP contribution in [-0.2, 0) is 13.0 Å². The first-order valence-corrected chi connectivity index (χ1v) is 5.04. The van der Waals surface area contributed by atoms with Crippen molar-refractivity contribution in [3.8, 4) is 0 Å². The molecule has 0 aliphatic rings. The monoisotopic (exact) mass is 214 g/mol. The summed E-state index contributed by atoms with van der Waals surface area (Å²) < 4.78 is 26.9. The molecule has 0 aliphatic heterocycles. The lowest BCUT2D eigenvalue weighted by molar-refractivity contribution is 0.278. The second kappa shape index (κ2) is 4.71. The van der Waals surface area contributed by atoms with E-state index in [4.69, 9.17) is 5.11 Å². The molecule has 1 aromatic rings. The molecule has 0 saturated heterocycles. The maximum absolute atomic E-state index is 13.6. The Morgan fingerprint density at radius 3 is 2.33 bits per heavy atom. The zero-order valence-electron chi connectivity index (χ0n) is 9.27. The minimum Gasteiger partial charge on any atom is -0.392 e. The first-order valence-electron chi connectivity index (χ1n) is 5.04. The van der Waals surface area contributed by atoms with E-state index in [0.717, 1.165) is 0 Å². The molecule has 0 atom stereocenters. The number of halogens is 2.